The number of halogens is 1. The van der Waals surface area contributed by atoms with Crippen LogP contribution in [0.25, 0.3) is 0 Å². The van der Waals surface area contributed by atoms with Crippen molar-refractivity contribution in [3.05, 3.63) is 0 Å². The fraction of sp³-hybridized carbons (Fsp3) is 0.917. The molecule has 1 rings (SSSR count). The lowest BCUT2D eigenvalue weighted by atomic mass is 9.70. The maximum atomic E-state index is 14.0. The number of carbonyl (C=O) groups is 1. The first-order valence-corrected chi connectivity index (χ1v) is 5.94. The van der Waals surface area contributed by atoms with Gasteiger partial charge in [-0.25, -0.2) is 9.18 Å². The molecule has 0 radical (unpaired) electrons. The Morgan fingerprint density at radius 1 is 1.56 bits per heavy atom. The molecule has 4 heteroatoms. The molecular weight excluding hydrogens is 211 g/mol. The summed E-state index contributed by atoms with van der Waals surface area (Å²) in [5.74, 6) is -0.900. The zero-order valence-corrected chi connectivity index (χ0v) is 10.2. The number of rotatable bonds is 3. The summed E-state index contributed by atoms with van der Waals surface area (Å²) in [5.41, 5.74) is -1.55. The van der Waals surface area contributed by atoms with E-state index in [1.807, 2.05) is 6.92 Å². The van der Waals surface area contributed by atoms with Crippen molar-refractivity contribution in [2.45, 2.75) is 51.8 Å². The van der Waals surface area contributed by atoms with Gasteiger partial charge in [-0.15, -0.1) is 0 Å². The molecule has 0 aliphatic heterocycles. The van der Waals surface area contributed by atoms with Gasteiger partial charge in [0.15, 0.2) is 0 Å². The fourth-order valence-electron chi connectivity index (χ4n) is 2.42. The molecule has 1 fully saturated rings. The van der Waals surface area contributed by atoms with E-state index in [0.29, 0.717) is 6.42 Å². The molecule has 0 aromatic heterocycles. The van der Waals surface area contributed by atoms with Crippen LogP contribution in [0.1, 0.15) is 40.0 Å². The van der Waals surface area contributed by atoms with Crippen LogP contribution in [0.3, 0.4) is 0 Å². The topological polar surface area (TPSA) is 46.5 Å². The number of ether oxygens (including phenoxy) is 1. The molecular formula is C12H21FO3. The first-order chi connectivity index (χ1) is 7.41. The minimum Gasteiger partial charge on any atom is -0.464 e. The number of alkyl halides is 1. The quantitative estimate of drug-likeness (QED) is 0.758. The van der Waals surface area contributed by atoms with E-state index in [0.717, 1.165) is 12.8 Å². The largest absolute Gasteiger partial charge is 0.464 e. The summed E-state index contributed by atoms with van der Waals surface area (Å²) in [5, 5.41) is 10.3. The van der Waals surface area contributed by atoms with Gasteiger partial charge in [0.05, 0.1) is 6.61 Å². The molecule has 1 aliphatic carbocycles. The number of hydrogen-bond acceptors (Lipinski definition) is 3. The van der Waals surface area contributed by atoms with Crippen molar-refractivity contribution in [1.29, 1.82) is 0 Å². The molecule has 1 N–H and O–H groups in total. The third-order valence-corrected chi connectivity index (χ3v) is 3.55. The second kappa shape index (κ2) is 5.13. The normalized spacial score (nSPS) is 36.8. The van der Waals surface area contributed by atoms with E-state index >= 15 is 0 Å². The molecule has 0 saturated heterocycles. The molecule has 4 atom stereocenters. The van der Waals surface area contributed by atoms with E-state index in [2.05, 4.69) is 4.74 Å². The fourth-order valence-corrected chi connectivity index (χ4v) is 2.42. The molecule has 16 heavy (non-hydrogen) atoms. The number of esters is 1. The van der Waals surface area contributed by atoms with Crippen molar-refractivity contribution in [1.82, 2.24) is 0 Å². The first kappa shape index (κ1) is 13.4. The van der Waals surface area contributed by atoms with Gasteiger partial charge in [-0.3, -0.25) is 0 Å². The minimum absolute atomic E-state index is 0.138. The lowest BCUT2D eigenvalue weighted by molar-refractivity contribution is -0.171. The van der Waals surface area contributed by atoms with Crippen LogP contribution in [0, 0.1) is 11.8 Å². The lowest BCUT2D eigenvalue weighted by Crippen LogP contribution is -2.53. The van der Waals surface area contributed by atoms with Crippen LogP contribution < -0.4 is 0 Å². The van der Waals surface area contributed by atoms with Crippen LogP contribution in [0.5, 0.6) is 0 Å². The molecule has 1 aliphatic rings. The Balaban J connectivity index is 2.77. The summed E-state index contributed by atoms with van der Waals surface area (Å²) in [6.07, 6.45) is 0.121. The Morgan fingerprint density at radius 3 is 2.75 bits per heavy atom. The maximum Gasteiger partial charge on any atom is 0.343 e. The van der Waals surface area contributed by atoms with Crippen LogP contribution >= 0.6 is 0 Å². The van der Waals surface area contributed by atoms with Crippen molar-refractivity contribution in [3.8, 4) is 0 Å². The Labute approximate surface area is 96.0 Å². The predicted molar refractivity (Wildman–Crippen MR) is 58.7 cm³/mol. The van der Waals surface area contributed by atoms with Gasteiger partial charge in [0.2, 0.25) is 6.17 Å². The standard InChI is InChI=1S/C12H21FO3/c1-4-16-11(14)10(13)12(15)7-8(2)5-6-9(12)3/h8-10,15H,4-7H2,1-3H3. The summed E-state index contributed by atoms with van der Waals surface area (Å²) in [7, 11) is 0. The maximum absolute atomic E-state index is 14.0. The number of aliphatic hydroxyl groups is 1. The third kappa shape index (κ3) is 2.54. The zero-order valence-electron chi connectivity index (χ0n) is 10.2. The van der Waals surface area contributed by atoms with Crippen molar-refractivity contribution < 1.29 is 19.0 Å². The molecule has 0 spiro atoms. The highest BCUT2D eigenvalue weighted by molar-refractivity contribution is 5.76. The average Bonchev–Trinajstić information content (AvgIpc) is 2.23. The van der Waals surface area contributed by atoms with Crippen molar-refractivity contribution in [2.24, 2.45) is 11.8 Å². The molecule has 0 aromatic carbocycles. The summed E-state index contributed by atoms with van der Waals surface area (Å²) >= 11 is 0. The highest BCUT2D eigenvalue weighted by Gasteiger charge is 2.49. The molecule has 0 heterocycles. The molecule has 0 bridgehead atoms. The van der Waals surface area contributed by atoms with E-state index < -0.39 is 17.7 Å². The van der Waals surface area contributed by atoms with Gasteiger partial charge in [-0.2, -0.15) is 0 Å². The first-order valence-electron chi connectivity index (χ1n) is 5.94. The molecule has 4 unspecified atom stereocenters. The second-order valence-corrected chi connectivity index (χ2v) is 4.89. The van der Waals surface area contributed by atoms with Gasteiger partial charge in [-0.05, 0) is 31.6 Å². The van der Waals surface area contributed by atoms with E-state index in [-0.39, 0.29) is 18.4 Å². The Kier molecular flexibility index (Phi) is 4.30. The van der Waals surface area contributed by atoms with Crippen LogP contribution in [0.2, 0.25) is 0 Å². The van der Waals surface area contributed by atoms with Gasteiger partial charge < -0.3 is 9.84 Å². The zero-order chi connectivity index (χ0) is 12.3. The Hall–Kier alpha value is -0.640. The van der Waals surface area contributed by atoms with Crippen molar-refractivity contribution in [2.75, 3.05) is 6.61 Å². The Bertz CT molecular complexity index is 257. The summed E-state index contributed by atoms with van der Waals surface area (Å²) in [4.78, 5) is 11.3. The molecule has 3 nitrogen and oxygen atoms in total. The lowest BCUT2D eigenvalue weighted by Gasteiger charge is -2.41. The molecule has 94 valence electrons. The second-order valence-electron chi connectivity index (χ2n) is 4.89. The minimum atomic E-state index is -1.93. The molecule has 1 saturated carbocycles. The highest BCUT2D eigenvalue weighted by atomic mass is 19.1. The van der Waals surface area contributed by atoms with Crippen LogP contribution in [-0.2, 0) is 9.53 Å². The monoisotopic (exact) mass is 232 g/mol. The van der Waals surface area contributed by atoms with Crippen molar-refractivity contribution >= 4 is 5.97 Å². The van der Waals surface area contributed by atoms with Gasteiger partial charge >= 0.3 is 5.97 Å². The summed E-state index contributed by atoms with van der Waals surface area (Å²) in [6.45, 7) is 5.52. The molecule has 0 amide bonds. The van der Waals surface area contributed by atoms with Gasteiger partial charge in [0.25, 0.3) is 0 Å². The van der Waals surface area contributed by atoms with E-state index in [4.69, 9.17) is 0 Å². The summed E-state index contributed by atoms with van der Waals surface area (Å²) in [6, 6.07) is 0. The smallest absolute Gasteiger partial charge is 0.343 e. The third-order valence-electron chi connectivity index (χ3n) is 3.55. The van der Waals surface area contributed by atoms with Gasteiger partial charge in [0, 0.05) is 0 Å². The number of hydrogen-bond donors (Lipinski definition) is 1. The SMILES string of the molecule is CCOC(=O)C(F)C1(O)CC(C)CCC1C. The molecule has 0 aromatic rings. The van der Waals surface area contributed by atoms with Crippen LogP contribution in [0.4, 0.5) is 4.39 Å². The average molecular weight is 232 g/mol. The van der Waals surface area contributed by atoms with Gasteiger partial charge in [-0.1, -0.05) is 20.3 Å². The predicted octanol–water partition coefficient (Wildman–Crippen LogP) is 2.07. The van der Waals surface area contributed by atoms with Crippen LogP contribution in [-0.4, -0.2) is 29.5 Å². The van der Waals surface area contributed by atoms with E-state index in [1.54, 1.807) is 13.8 Å². The number of carbonyl (C=O) groups excluding carboxylic acids is 1. The van der Waals surface area contributed by atoms with Crippen molar-refractivity contribution in [3.63, 3.8) is 0 Å². The highest BCUT2D eigenvalue weighted by Crippen LogP contribution is 2.40. The Morgan fingerprint density at radius 2 is 2.19 bits per heavy atom. The van der Waals surface area contributed by atoms with Crippen LogP contribution in [0.15, 0.2) is 0 Å². The van der Waals surface area contributed by atoms with Gasteiger partial charge in [0.1, 0.15) is 5.60 Å². The van der Waals surface area contributed by atoms with E-state index in [9.17, 15) is 14.3 Å². The summed E-state index contributed by atoms with van der Waals surface area (Å²) < 4.78 is 18.6. The van der Waals surface area contributed by atoms with E-state index in [1.165, 1.54) is 0 Å².